The van der Waals surface area contributed by atoms with Crippen molar-refractivity contribution in [2.45, 2.75) is 6.92 Å². The maximum absolute atomic E-state index is 9.96. The summed E-state index contributed by atoms with van der Waals surface area (Å²) in [5.74, 6) is 0. The van der Waals surface area contributed by atoms with Crippen LogP contribution in [0, 0.1) is 0 Å². The average Bonchev–Trinajstić information content (AvgIpc) is 1.66. The van der Waals surface area contributed by atoms with Crippen LogP contribution < -0.4 is 0 Å². The van der Waals surface area contributed by atoms with Crippen molar-refractivity contribution in [3.63, 3.8) is 0 Å². The zero-order valence-corrected chi connectivity index (χ0v) is 5.35. The fraction of sp³-hybridized carbons (Fsp3) is 0.167. The third kappa shape index (κ3) is 5.44. The van der Waals surface area contributed by atoms with Crippen LogP contribution in [0.5, 0.6) is 0 Å². The number of halogens is 1. The molecule has 0 heterocycles. The quantitative estimate of drug-likeness (QED) is 0.317. The van der Waals surface area contributed by atoms with Gasteiger partial charge in [-0.15, -0.1) is 0 Å². The lowest BCUT2D eigenvalue weighted by Gasteiger charge is -1.69. The Hall–Kier alpha value is -0.560. The molecule has 0 unspecified atom stereocenters. The summed E-state index contributed by atoms with van der Waals surface area (Å²) in [4.78, 5) is 9.96. The smallest absolute Gasteiger partial charge is 0.245 e. The second-order valence-electron chi connectivity index (χ2n) is 1.19. The Morgan fingerprint density at radius 1 is 1.50 bits per heavy atom. The average molecular weight is 131 g/mol. The Morgan fingerprint density at radius 3 is 2.50 bits per heavy atom. The minimum absolute atomic E-state index is 0.442. The van der Waals surface area contributed by atoms with Crippen LogP contribution in [-0.2, 0) is 4.79 Å². The molecule has 0 aromatic rings. The molecule has 0 aliphatic heterocycles. The highest BCUT2D eigenvalue weighted by Gasteiger charge is 1.78. The van der Waals surface area contributed by atoms with Crippen molar-refractivity contribution in [2.24, 2.45) is 0 Å². The van der Waals surface area contributed by atoms with Gasteiger partial charge in [0.05, 0.1) is 0 Å². The van der Waals surface area contributed by atoms with Crippen molar-refractivity contribution in [1.82, 2.24) is 0 Å². The number of carbonyl (C=O) groups excluding carboxylic acids is 1. The highest BCUT2D eigenvalue weighted by atomic mass is 35.5. The molecular formula is C6H7ClO. The molecule has 0 atom stereocenters. The molecule has 0 bridgehead atoms. The van der Waals surface area contributed by atoms with Crippen LogP contribution in [0.25, 0.3) is 0 Å². The van der Waals surface area contributed by atoms with Crippen molar-refractivity contribution in [3.05, 3.63) is 24.3 Å². The zero-order valence-electron chi connectivity index (χ0n) is 4.60. The van der Waals surface area contributed by atoms with Crippen molar-refractivity contribution >= 4 is 16.8 Å². The molecule has 0 aromatic carbocycles. The minimum Gasteiger partial charge on any atom is -0.276 e. The molecule has 0 amide bonds. The van der Waals surface area contributed by atoms with Crippen molar-refractivity contribution < 1.29 is 4.79 Å². The molecule has 0 rings (SSSR count). The number of hydrogen-bond donors (Lipinski definition) is 0. The van der Waals surface area contributed by atoms with Gasteiger partial charge in [-0.05, 0) is 24.6 Å². The molecular weight excluding hydrogens is 124 g/mol. The summed E-state index contributed by atoms with van der Waals surface area (Å²) < 4.78 is 0. The molecule has 8 heavy (non-hydrogen) atoms. The molecule has 2 heteroatoms. The standard InChI is InChI=1S/C6H7ClO/c1-2-3-4-5-6(7)8/h2-5H,1H3/b3-2+,5-4-. The largest absolute Gasteiger partial charge is 0.276 e. The summed E-state index contributed by atoms with van der Waals surface area (Å²) in [5, 5.41) is -0.442. The first kappa shape index (κ1) is 7.44. The minimum atomic E-state index is -0.442. The Kier molecular flexibility index (Phi) is 4.27. The molecule has 0 saturated heterocycles. The van der Waals surface area contributed by atoms with E-state index >= 15 is 0 Å². The van der Waals surface area contributed by atoms with Gasteiger partial charge in [0.25, 0.3) is 0 Å². The summed E-state index contributed by atoms with van der Waals surface area (Å²) in [6.45, 7) is 1.86. The number of carbonyl (C=O) groups is 1. The van der Waals surface area contributed by atoms with Crippen LogP contribution in [0.1, 0.15) is 6.92 Å². The van der Waals surface area contributed by atoms with Gasteiger partial charge in [0, 0.05) is 0 Å². The molecule has 1 nitrogen and oxygen atoms in total. The van der Waals surface area contributed by atoms with E-state index in [1.54, 1.807) is 12.2 Å². The monoisotopic (exact) mass is 130 g/mol. The van der Waals surface area contributed by atoms with Crippen LogP contribution in [0.2, 0.25) is 0 Å². The van der Waals surface area contributed by atoms with Gasteiger partial charge >= 0.3 is 0 Å². The molecule has 0 aromatic heterocycles. The van der Waals surface area contributed by atoms with E-state index < -0.39 is 5.24 Å². The lowest BCUT2D eigenvalue weighted by atomic mass is 10.5. The zero-order chi connectivity index (χ0) is 6.41. The van der Waals surface area contributed by atoms with Crippen LogP contribution >= 0.6 is 11.6 Å². The van der Waals surface area contributed by atoms with E-state index in [1.807, 2.05) is 13.0 Å². The van der Waals surface area contributed by atoms with Gasteiger partial charge in [-0.3, -0.25) is 4.79 Å². The summed E-state index contributed by atoms with van der Waals surface area (Å²) in [7, 11) is 0. The molecule has 0 fully saturated rings. The highest BCUT2D eigenvalue weighted by molar-refractivity contribution is 6.66. The Labute approximate surface area is 53.6 Å². The first-order chi connectivity index (χ1) is 3.77. The van der Waals surface area contributed by atoms with Crippen LogP contribution in [0.15, 0.2) is 24.3 Å². The topological polar surface area (TPSA) is 17.1 Å². The predicted molar refractivity (Wildman–Crippen MR) is 34.8 cm³/mol. The number of allylic oxidation sites excluding steroid dienone is 4. The fourth-order valence-electron chi connectivity index (χ4n) is 0.242. The molecule has 0 saturated carbocycles. The third-order valence-corrected chi connectivity index (χ3v) is 0.657. The van der Waals surface area contributed by atoms with E-state index in [0.717, 1.165) is 0 Å². The van der Waals surface area contributed by atoms with Gasteiger partial charge < -0.3 is 0 Å². The maximum Gasteiger partial charge on any atom is 0.245 e. The maximum atomic E-state index is 9.96. The second kappa shape index (κ2) is 4.60. The van der Waals surface area contributed by atoms with Gasteiger partial charge in [-0.1, -0.05) is 18.2 Å². The summed E-state index contributed by atoms with van der Waals surface area (Å²) in [6.07, 6.45) is 6.44. The Bertz CT molecular complexity index is 124. The first-order valence-electron chi connectivity index (χ1n) is 2.26. The van der Waals surface area contributed by atoms with Gasteiger partial charge in [0.15, 0.2) is 0 Å². The van der Waals surface area contributed by atoms with Gasteiger partial charge in [-0.25, -0.2) is 0 Å². The van der Waals surface area contributed by atoms with Gasteiger partial charge in [0.1, 0.15) is 0 Å². The van der Waals surface area contributed by atoms with E-state index in [4.69, 9.17) is 11.6 Å². The molecule has 0 aliphatic rings. The van der Waals surface area contributed by atoms with Gasteiger partial charge in [0.2, 0.25) is 5.24 Å². The molecule has 0 radical (unpaired) electrons. The Balaban J connectivity index is 3.50. The van der Waals surface area contributed by atoms with Crippen LogP contribution in [0.3, 0.4) is 0 Å². The lowest BCUT2D eigenvalue weighted by molar-refractivity contribution is -0.107. The number of hydrogen-bond acceptors (Lipinski definition) is 1. The Morgan fingerprint density at radius 2 is 2.12 bits per heavy atom. The molecule has 0 spiro atoms. The van der Waals surface area contributed by atoms with Crippen molar-refractivity contribution in [2.75, 3.05) is 0 Å². The predicted octanol–water partition coefficient (Wildman–Crippen LogP) is 1.88. The van der Waals surface area contributed by atoms with E-state index in [2.05, 4.69) is 0 Å². The molecule has 0 N–H and O–H groups in total. The van der Waals surface area contributed by atoms with Crippen molar-refractivity contribution in [3.8, 4) is 0 Å². The van der Waals surface area contributed by atoms with E-state index in [1.165, 1.54) is 6.08 Å². The molecule has 0 aliphatic carbocycles. The molecule has 44 valence electrons. The third-order valence-electron chi connectivity index (χ3n) is 0.531. The SMILES string of the molecule is C/C=C/C=C\C(=O)Cl. The van der Waals surface area contributed by atoms with Gasteiger partial charge in [-0.2, -0.15) is 0 Å². The summed E-state index contributed by atoms with van der Waals surface area (Å²) >= 11 is 4.95. The van der Waals surface area contributed by atoms with Crippen LogP contribution in [-0.4, -0.2) is 5.24 Å². The number of rotatable bonds is 2. The second-order valence-corrected chi connectivity index (χ2v) is 1.56. The van der Waals surface area contributed by atoms with Crippen LogP contribution in [0.4, 0.5) is 0 Å². The fourth-order valence-corrected chi connectivity index (χ4v) is 0.315. The normalized spacial score (nSPS) is 11.2. The van der Waals surface area contributed by atoms with Crippen molar-refractivity contribution in [1.29, 1.82) is 0 Å². The lowest BCUT2D eigenvalue weighted by Crippen LogP contribution is -1.71. The first-order valence-corrected chi connectivity index (χ1v) is 2.64. The van der Waals surface area contributed by atoms with E-state index in [-0.39, 0.29) is 0 Å². The summed E-state index contributed by atoms with van der Waals surface area (Å²) in [6, 6.07) is 0. The summed E-state index contributed by atoms with van der Waals surface area (Å²) in [5.41, 5.74) is 0. The highest BCUT2D eigenvalue weighted by Crippen LogP contribution is 1.82. The van der Waals surface area contributed by atoms with E-state index in [0.29, 0.717) is 0 Å². The van der Waals surface area contributed by atoms with E-state index in [9.17, 15) is 4.79 Å².